The molecule has 1 heterocycles. The van der Waals surface area contributed by atoms with Crippen molar-refractivity contribution in [2.75, 3.05) is 7.11 Å². The average Bonchev–Trinajstić information content (AvgIpc) is 2.96. The van der Waals surface area contributed by atoms with Crippen molar-refractivity contribution in [3.05, 3.63) is 41.0 Å². The summed E-state index contributed by atoms with van der Waals surface area (Å²) in [5, 5.41) is 0. The minimum Gasteiger partial charge on any atom is -0.465 e. The third-order valence-corrected chi connectivity index (χ3v) is 4.89. The van der Waals surface area contributed by atoms with Crippen molar-refractivity contribution in [1.29, 1.82) is 0 Å². The molecule has 2 aliphatic rings. The SMILES string of the molecule is COC(=O)c1ccc2c(c1)C(B1OC(C)(C)C(C)(C)O1)=CC2. The third kappa shape index (κ3) is 2.29. The summed E-state index contributed by atoms with van der Waals surface area (Å²) in [6.07, 6.45) is 2.95. The number of allylic oxidation sites excluding steroid dienone is 1. The van der Waals surface area contributed by atoms with Crippen LogP contribution in [0.1, 0.15) is 49.2 Å². The maximum atomic E-state index is 11.7. The van der Waals surface area contributed by atoms with Crippen LogP contribution in [0.25, 0.3) is 5.47 Å². The van der Waals surface area contributed by atoms with Gasteiger partial charge in [-0.05, 0) is 62.8 Å². The Balaban J connectivity index is 1.93. The molecule has 0 atom stereocenters. The molecule has 0 saturated carbocycles. The lowest BCUT2D eigenvalue weighted by Crippen LogP contribution is -2.41. The summed E-state index contributed by atoms with van der Waals surface area (Å²) < 4.78 is 17.1. The first-order chi connectivity index (χ1) is 10.2. The molecule has 1 fully saturated rings. The third-order valence-electron chi connectivity index (χ3n) is 4.89. The van der Waals surface area contributed by atoms with Crippen LogP contribution in [0, 0.1) is 0 Å². The van der Waals surface area contributed by atoms with Gasteiger partial charge in [-0.15, -0.1) is 0 Å². The summed E-state index contributed by atoms with van der Waals surface area (Å²) in [5.74, 6) is -0.331. The number of carbonyl (C=O) groups is 1. The molecule has 1 aliphatic heterocycles. The summed E-state index contributed by atoms with van der Waals surface area (Å²) >= 11 is 0. The van der Waals surface area contributed by atoms with E-state index in [0.29, 0.717) is 5.56 Å². The van der Waals surface area contributed by atoms with Crippen LogP contribution in [0.4, 0.5) is 0 Å². The van der Waals surface area contributed by atoms with Crippen molar-refractivity contribution in [3.8, 4) is 0 Å². The van der Waals surface area contributed by atoms with Crippen molar-refractivity contribution in [1.82, 2.24) is 0 Å². The Labute approximate surface area is 131 Å². The molecule has 0 N–H and O–H groups in total. The highest BCUT2D eigenvalue weighted by atomic mass is 16.7. The highest BCUT2D eigenvalue weighted by molar-refractivity contribution is 6.69. The standard InChI is InChI=1S/C17H21BO4/c1-16(2)17(3,4)22-18(21-16)14-9-8-11-6-7-12(10-13(11)14)15(19)20-5/h6-7,9-10H,8H2,1-5H3. The normalized spacial score (nSPS) is 21.5. The molecule has 116 valence electrons. The topological polar surface area (TPSA) is 44.8 Å². The molecule has 0 aromatic heterocycles. The van der Waals surface area contributed by atoms with Crippen LogP contribution in [-0.2, 0) is 20.5 Å². The first-order valence-electron chi connectivity index (χ1n) is 7.52. The van der Waals surface area contributed by atoms with Crippen molar-refractivity contribution in [2.24, 2.45) is 0 Å². The second kappa shape index (κ2) is 4.96. The largest absolute Gasteiger partial charge is 0.495 e. The quantitative estimate of drug-likeness (QED) is 0.622. The fraction of sp³-hybridized carbons (Fsp3) is 0.471. The average molecular weight is 300 g/mol. The lowest BCUT2D eigenvalue weighted by molar-refractivity contribution is 0.00578. The summed E-state index contributed by atoms with van der Waals surface area (Å²) in [6.45, 7) is 8.14. The molecule has 0 bridgehead atoms. The second-order valence-electron chi connectivity index (χ2n) is 6.82. The van der Waals surface area contributed by atoms with Crippen LogP contribution in [0.3, 0.4) is 0 Å². The zero-order chi connectivity index (χ0) is 16.1. The predicted molar refractivity (Wildman–Crippen MR) is 85.5 cm³/mol. The van der Waals surface area contributed by atoms with Crippen LogP contribution >= 0.6 is 0 Å². The Morgan fingerprint density at radius 1 is 1.18 bits per heavy atom. The van der Waals surface area contributed by atoms with E-state index in [1.54, 1.807) is 6.07 Å². The van der Waals surface area contributed by atoms with E-state index in [1.807, 2.05) is 39.8 Å². The zero-order valence-electron chi connectivity index (χ0n) is 13.7. The molecule has 0 spiro atoms. The molecule has 22 heavy (non-hydrogen) atoms. The van der Waals surface area contributed by atoms with Gasteiger partial charge in [-0.1, -0.05) is 12.1 Å². The van der Waals surface area contributed by atoms with E-state index in [4.69, 9.17) is 14.0 Å². The second-order valence-corrected chi connectivity index (χ2v) is 6.82. The van der Waals surface area contributed by atoms with Crippen LogP contribution < -0.4 is 0 Å². The molecule has 3 rings (SSSR count). The summed E-state index contributed by atoms with van der Waals surface area (Å²) in [7, 11) is 0.986. The smallest absolute Gasteiger partial charge is 0.465 e. The lowest BCUT2D eigenvalue weighted by atomic mass is 9.75. The van der Waals surface area contributed by atoms with Crippen LogP contribution in [0.2, 0.25) is 0 Å². The minimum atomic E-state index is -0.404. The van der Waals surface area contributed by atoms with Crippen LogP contribution in [-0.4, -0.2) is 31.4 Å². The summed E-state index contributed by atoms with van der Waals surface area (Å²) in [4.78, 5) is 11.7. The molecule has 5 heteroatoms. The highest BCUT2D eigenvalue weighted by Crippen LogP contribution is 2.42. The molecule has 4 nitrogen and oxygen atoms in total. The van der Waals surface area contributed by atoms with Gasteiger partial charge in [-0.25, -0.2) is 4.79 Å². The van der Waals surface area contributed by atoms with Gasteiger partial charge in [0.2, 0.25) is 0 Å². The van der Waals surface area contributed by atoms with Crippen LogP contribution in [0.5, 0.6) is 0 Å². The van der Waals surface area contributed by atoms with Crippen molar-refractivity contribution in [3.63, 3.8) is 0 Å². The number of benzene rings is 1. The van der Waals surface area contributed by atoms with Gasteiger partial charge in [-0.3, -0.25) is 0 Å². The molecular formula is C17H21BO4. The molecule has 1 aromatic rings. The van der Waals surface area contributed by atoms with Gasteiger partial charge >= 0.3 is 13.1 Å². The first-order valence-corrected chi connectivity index (χ1v) is 7.52. The highest BCUT2D eigenvalue weighted by Gasteiger charge is 2.53. The van der Waals surface area contributed by atoms with Gasteiger partial charge in [-0.2, -0.15) is 0 Å². The molecule has 0 unspecified atom stereocenters. The molecule has 1 aliphatic carbocycles. The Morgan fingerprint density at radius 3 is 2.41 bits per heavy atom. The number of ether oxygens (including phenoxy) is 1. The first kappa shape index (κ1) is 15.3. The van der Waals surface area contributed by atoms with Gasteiger partial charge < -0.3 is 14.0 Å². The van der Waals surface area contributed by atoms with Gasteiger partial charge in [0.1, 0.15) is 0 Å². The Kier molecular flexibility index (Phi) is 3.46. The number of carbonyl (C=O) groups excluding carboxylic acids is 1. The van der Waals surface area contributed by atoms with Gasteiger partial charge in [0.05, 0.1) is 23.9 Å². The van der Waals surface area contributed by atoms with Crippen LogP contribution in [0.15, 0.2) is 24.3 Å². The number of hydrogen-bond acceptors (Lipinski definition) is 4. The van der Waals surface area contributed by atoms with E-state index in [9.17, 15) is 4.79 Å². The van der Waals surface area contributed by atoms with E-state index in [1.165, 1.54) is 12.7 Å². The number of methoxy groups -OCH3 is 1. The molecule has 0 radical (unpaired) electrons. The molecule has 1 saturated heterocycles. The van der Waals surface area contributed by atoms with Crippen molar-refractivity contribution < 1.29 is 18.8 Å². The zero-order valence-corrected chi connectivity index (χ0v) is 13.7. The molecular weight excluding hydrogens is 279 g/mol. The molecule has 1 aromatic carbocycles. The fourth-order valence-corrected chi connectivity index (χ4v) is 2.79. The van der Waals surface area contributed by atoms with E-state index >= 15 is 0 Å². The molecule has 0 amide bonds. The van der Waals surface area contributed by atoms with Crippen molar-refractivity contribution in [2.45, 2.75) is 45.3 Å². The van der Waals surface area contributed by atoms with E-state index in [-0.39, 0.29) is 17.2 Å². The number of rotatable bonds is 2. The Bertz CT molecular complexity index is 645. The van der Waals surface area contributed by atoms with Gasteiger partial charge in [0.25, 0.3) is 0 Å². The van der Waals surface area contributed by atoms with Gasteiger partial charge in [0.15, 0.2) is 0 Å². The van der Waals surface area contributed by atoms with E-state index in [0.717, 1.165) is 17.5 Å². The minimum absolute atomic E-state index is 0.331. The maximum Gasteiger partial charge on any atom is 0.495 e. The Hall–Kier alpha value is -1.59. The van der Waals surface area contributed by atoms with E-state index in [2.05, 4.69) is 6.08 Å². The van der Waals surface area contributed by atoms with Gasteiger partial charge in [0, 0.05) is 0 Å². The predicted octanol–water partition coefficient (Wildman–Crippen LogP) is 3.04. The monoisotopic (exact) mass is 300 g/mol. The fourth-order valence-electron chi connectivity index (χ4n) is 2.79. The maximum absolute atomic E-state index is 11.7. The van der Waals surface area contributed by atoms with E-state index < -0.39 is 7.12 Å². The number of hydrogen-bond donors (Lipinski definition) is 0. The lowest BCUT2D eigenvalue weighted by Gasteiger charge is -2.32. The van der Waals surface area contributed by atoms with Crippen molar-refractivity contribution >= 4 is 18.6 Å². The summed E-state index contributed by atoms with van der Waals surface area (Å²) in [5.41, 5.74) is 2.99. The number of fused-ring (bicyclic) bond motifs is 1. The number of esters is 1. The summed E-state index contributed by atoms with van der Waals surface area (Å²) in [6, 6.07) is 5.63. The Morgan fingerprint density at radius 2 is 1.82 bits per heavy atom.